The Hall–Kier alpha value is -1.72. The fraction of sp³-hybridized carbons (Fsp3) is 0.0909. The Morgan fingerprint density at radius 3 is 2.89 bits per heavy atom. The average molecular weight is 285 g/mol. The summed E-state index contributed by atoms with van der Waals surface area (Å²) in [6.45, 7) is 0.310. The number of hydrogen-bond acceptors (Lipinski definition) is 2. The monoisotopic (exact) mass is 284 g/mol. The summed E-state index contributed by atoms with van der Waals surface area (Å²) >= 11 is 11.7. The zero-order chi connectivity index (χ0) is 13.0. The van der Waals surface area contributed by atoms with Gasteiger partial charge in [0.2, 0.25) is 0 Å². The number of amides is 2. The van der Waals surface area contributed by atoms with Gasteiger partial charge in [-0.25, -0.2) is 9.78 Å². The highest BCUT2D eigenvalue weighted by Gasteiger charge is 2.06. The van der Waals surface area contributed by atoms with Crippen LogP contribution in [0.3, 0.4) is 0 Å². The number of H-pyrrole nitrogens is 1. The van der Waals surface area contributed by atoms with Crippen molar-refractivity contribution in [3.05, 3.63) is 46.5 Å². The first-order valence-corrected chi connectivity index (χ1v) is 5.89. The van der Waals surface area contributed by atoms with Crippen molar-refractivity contribution < 1.29 is 4.79 Å². The lowest BCUT2D eigenvalue weighted by atomic mass is 10.3. The number of urea groups is 1. The fourth-order valence-corrected chi connectivity index (χ4v) is 1.77. The summed E-state index contributed by atoms with van der Waals surface area (Å²) in [4.78, 5) is 18.5. The first kappa shape index (κ1) is 12.7. The van der Waals surface area contributed by atoms with Gasteiger partial charge in [0.25, 0.3) is 0 Å². The number of carbonyl (C=O) groups excluding carboxylic acids is 1. The van der Waals surface area contributed by atoms with Crippen LogP contribution in [-0.4, -0.2) is 16.0 Å². The summed E-state index contributed by atoms with van der Waals surface area (Å²) in [6, 6.07) is 4.48. The molecule has 18 heavy (non-hydrogen) atoms. The third-order valence-corrected chi connectivity index (χ3v) is 2.70. The minimum atomic E-state index is -0.365. The van der Waals surface area contributed by atoms with Crippen LogP contribution in [0.1, 0.15) is 5.82 Å². The Labute approximate surface area is 114 Å². The average Bonchev–Trinajstić information content (AvgIpc) is 2.83. The first-order chi connectivity index (χ1) is 8.65. The molecule has 0 saturated carbocycles. The van der Waals surface area contributed by atoms with Crippen molar-refractivity contribution >= 4 is 34.9 Å². The fourth-order valence-electron chi connectivity index (χ4n) is 1.32. The molecule has 0 saturated heterocycles. The van der Waals surface area contributed by atoms with E-state index in [0.29, 0.717) is 28.1 Å². The molecule has 2 amide bonds. The van der Waals surface area contributed by atoms with Crippen LogP contribution in [0.4, 0.5) is 10.5 Å². The molecule has 0 spiro atoms. The lowest BCUT2D eigenvalue weighted by molar-refractivity contribution is 0.251. The molecule has 5 nitrogen and oxygen atoms in total. The van der Waals surface area contributed by atoms with Gasteiger partial charge in [-0.3, -0.25) is 0 Å². The zero-order valence-corrected chi connectivity index (χ0v) is 10.7. The molecular weight excluding hydrogens is 275 g/mol. The summed E-state index contributed by atoms with van der Waals surface area (Å²) in [5.41, 5.74) is 0.498. The van der Waals surface area contributed by atoms with Gasteiger partial charge >= 0.3 is 6.03 Å². The minimum Gasteiger partial charge on any atom is -0.347 e. The highest BCUT2D eigenvalue weighted by atomic mass is 35.5. The van der Waals surface area contributed by atoms with E-state index in [9.17, 15) is 4.79 Å². The standard InChI is InChI=1S/C11H10Cl2N4O/c12-7-1-2-9(8(13)5-7)17-11(18)16-6-10-14-3-4-15-10/h1-5H,6H2,(H,14,15)(H2,16,17,18). The molecule has 0 unspecified atom stereocenters. The predicted molar refractivity (Wildman–Crippen MR) is 70.9 cm³/mol. The Bertz CT molecular complexity index is 542. The number of imidazole rings is 1. The van der Waals surface area contributed by atoms with E-state index in [1.165, 1.54) is 0 Å². The van der Waals surface area contributed by atoms with Crippen LogP contribution in [0.15, 0.2) is 30.6 Å². The molecule has 0 atom stereocenters. The van der Waals surface area contributed by atoms with E-state index in [-0.39, 0.29) is 6.03 Å². The largest absolute Gasteiger partial charge is 0.347 e. The maximum atomic E-state index is 11.6. The maximum Gasteiger partial charge on any atom is 0.319 e. The van der Waals surface area contributed by atoms with Crippen LogP contribution < -0.4 is 10.6 Å². The van der Waals surface area contributed by atoms with E-state index in [4.69, 9.17) is 23.2 Å². The summed E-state index contributed by atoms with van der Waals surface area (Å²) in [5, 5.41) is 6.16. The van der Waals surface area contributed by atoms with Gasteiger partial charge in [-0.15, -0.1) is 0 Å². The van der Waals surface area contributed by atoms with E-state index in [1.807, 2.05) is 0 Å². The molecule has 2 rings (SSSR count). The number of carbonyl (C=O) groups is 1. The number of benzene rings is 1. The van der Waals surface area contributed by atoms with Crippen molar-refractivity contribution in [2.75, 3.05) is 5.32 Å². The van der Waals surface area contributed by atoms with Crippen molar-refractivity contribution in [2.24, 2.45) is 0 Å². The molecule has 7 heteroatoms. The summed E-state index contributed by atoms with van der Waals surface area (Å²) in [5.74, 6) is 0.673. The van der Waals surface area contributed by atoms with Crippen molar-refractivity contribution in [2.45, 2.75) is 6.54 Å². The van der Waals surface area contributed by atoms with Crippen LogP contribution in [-0.2, 0) is 6.54 Å². The van der Waals surface area contributed by atoms with E-state index >= 15 is 0 Å². The molecule has 94 valence electrons. The van der Waals surface area contributed by atoms with Gasteiger partial charge in [-0.05, 0) is 18.2 Å². The molecule has 0 aliphatic heterocycles. The van der Waals surface area contributed by atoms with Gasteiger partial charge in [0.1, 0.15) is 5.82 Å². The van der Waals surface area contributed by atoms with Gasteiger partial charge in [0, 0.05) is 17.4 Å². The molecule has 0 aliphatic carbocycles. The highest BCUT2D eigenvalue weighted by molar-refractivity contribution is 6.36. The highest BCUT2D eigenvalue weighted by Crippen LogP contribution is 2.25. The molecule has 3 N–H and O–H groups in total. The number of nitrogens with one attached hydrogen (secondary N) is 3. The Morgan fingerprint density at radius 2 is 2.22 bits per heavy atom. The molecule has 0 aliphatic rings. The summed E-state index contributed by atoms with van der Waals surface area (Å²) in [6.07, 6.45) is 3.30. The molecule has 1 aromatic heterocycles. The second-order valence-corrected chi connectivity index (χ2v) is 4.31. The predicted octanol–water partition coefficient (Wildman–Crippen LogP) is 3.04. The summed E-state index contributed by atoms with van der Waals surface area (Å²) < 4.78 is 0. The summed E-state index contributed by atoms with van der Waals surface area (Å²) in [7, 11) is 0. The molecular formula is C11H10Cl2N4O. The lowest BCUT2D eigenvalue weighted by Gasteiger charge is -2.08. The van der Waals surface area contributed by atoms with Gasteiger partial charge in [-0.1, -0.05) is 23.2 Å². The lowest BCUT2D eigenvalue weighted by Crippen LogP contribution is -2.28. The van der Waals surface area contributed by atoms with Crippen molar-refractivity contribution in [1.82, 2.24) is 15.3 Å². The Kier molecular flexibility index (Phi) is 4.07. The molecule has 1 heterocycles. The molecule has 1 aromatic carbocycles. The Balaban J connectivity index is 1.91. The topological polar surface area (TPSA) is 69.8 Å². The number of halogens is 2. The van der Waals surface area contributed by atoms with Gasteiger partial charge in [-0.2, -0.15) is 0 Å². The zero-order valence-electron chi connectivity index (χ0n) is 9.21. The molecule has 0 bridgehead atoms. The van der Waals surface area contributed by atoms with E-state index in [1.54, 1.807) is 30.6 Å². The van der Waals surface area contributed by atoms with Gasteiger partial charge < -0.3 is 15.6 Å². The third kappa shape index (κ3) is 3.38. The molecule has 0 radical (unpaired) electrons. The maximum absolute atomic E-state index is 11.6. The van der Waals surface area contributed by atoms with E-state index in [2.05, 4.69) is 20.6 Å². The Morgan fingerprint density at radius 1 is 1.39 bits per heavy atom. The van der Waals surface area contributed by atoms with Crippen LogP contribution in [0.25, 0.3) is 0 Å². The second-order valence-electron chi connectivity index (χ2n) is 3.47. The van der Waals surface area contributed by atoms with Gasteiger partial charge in [0.05, 0.1) is 17.3 Å². The number of nitrogens with zero attached hydrogens (tertiary/aromatic N) is 1. The van der Waals surface area contributed by atoms with Crippen LogP contribution in [0.2, 0.25) is 10.0 Å². The van der Waals surface area contributed by atoms with E-state index in [0.717, 1.165) is 0 Å². The number of anilines is 1. The smallest absolute Gasteiger partial charge is 0.319 e. The minimum absolute atomic E-state index is 0.310. The number of rotatable bonds is 3. The second kappa shape index (κ2) is 5.75. The molecule has 0 fully saturated rings. The quantitative estimate of drug-likeness (QED) is 0.811. The first-order valence-electron chi connectivity index (χ1n) is 5.13. The number of aromatic nitrogens is 2. The van der Waals surface area contributed by atoms with E-state index < -0.39 is 0 Å². The third-order valence-electron chi connectivity index (χ3n) is 2.15. The SMILES string of the molecule is O=C(NCc1ncc[nH]1)Nc1ccc(Cl)cc1Cl. The van der Waals surface area contributed by atoms with Crippen LogP contribution in [0.5, 0.6) is 0 Å². The van der Waals surface area contributed by atoms with Gasteiger partial charge in [0.15, 0.2) is 0 Å². The van der Waals surface area contributed by atoms with Crippen molar-refractivity contribution in [1.29, 1.82) is 0 Å². The normalized spacial score (nSPS) is 10.1. The number of aromatic amines is 1. The van der Waals surface area contributed by atoms with Crippen molar-refractivity contribution in [3.63, 3.8) is 0 Å². The molecule has 2 aromatic rings. The van der Waals surface area contributed by atoms with Crippen LogP contribution in [0, 0.1) is 0 Å². The van der Waals surface area contributed by atoms with Crippen LogP contribution >= 0.6 is 23.2 Å². The van der Waals surface area contributed by atoms with Crippen molar-refractivity contribution in [3.8, 4) is 0 Å². The number of hydrogen-bond donors (Lipinski definition) is 3.